The lowest BCUT2D eigenvalue weighted by atomic mass is 10.0. The minimum Gasteiger partial charge on any atom is -0.484 e. The van der Waals surface area contributed by atoms with Crippen molar-refractivity contribution >= 4 is 34.2 Å². The number of aromatic nitrogens is 3. The molecule has 13 heteroatoms. The number of allylic oxidation sites excluding steroid dienone is 1. The number of aliphatic carboxylic acids is 1. The van der Waals surface area contributed by atoms with Crippen LogP contribution in [0.1, 0.15) is 56.1 Å². The van der Waals surface area contributed by atoms with Gasteiger partial charge in [-0.2, -0.15) is 5.26 Å². The molecule has 1 N–H and O–H groups in total. The van der Waals surface area contributed by atoms with Gasteiger partial charge in [-0.25, -0.2) is 27.9 Å². The first-order valence-corrected chi connectivity index (χ1v) is 16.0. The molecular formula is C35H33ClF3N5O4. The first-order valence-electron chi connectivity index (χ1n) is 15.6. The van der Waals surface area contributed by atoms with Crippen molar-refractivity contribution in [2.24, 2.45) is 5.41 Å². The van der Waals surface area contributed by atoms with Gasteiger partial charge in [0.05, 0.1) is 18.1 Å². The number of benzene rings is 2. The Hall–Kier alpha value is -4.60. The van der Waals surface area contributed by atoms with Crippen molar-refractivity contribution in [2.45, 2.75) is 64.8 Å². The van der Waals surface area contributed by atoms with Gasteiger partial charge in [-0.15, -0.1) is 0 Å². The van der Waals surface area contributed by atoms with Crippen LogP contribution in [-0.2, 0) is 24.5 Å². The molecular weight excluding hydrogens is 647 g/mol. The molecule has 0 atom stereocenters. The monoisotopic (exact) mass is 679 g/mol. The summed E-state index contributed by atoms with van der Waals surface area (Å²) in [6, 6.07) is 12.0. The van der Waals surface area contributed by atoms with Crippen LogP contribution in [0.5, 0.6) is 11.6 Å². The number of carboxylic acids is 1. The van der Waals surface area contributed by atoms with E-state index in [4.69, 9.17) is 26.1 Å². The Morgan fingerprint density at radius 3 is 2.56 bits per heavy atom. The summed E-state index contributed by atoms with van der Waals surface area (Å²) in [7, 11) is 0. The maximum atomic E-state index is 15.4. The van der Waals surface area contributed by atoms with Gasteiger partial charge in [0.15, 0.2) is 17.4 Å². The molecule has 9 nitrogen and oxygen atoms in total. The highest BCUT2D eigenvalue weighted by atomic mass is 35.5. The molecule has 1 saturated heterocycles. The van der Waals surface area contributed by atoms with E-state index in [0.717, 1.165) is 25.0 Å². The van der Waals surface area contributed by atoms with Gasteiger partial charge in [-0.05, 0) is 80.1 Å². The normalized spacial score (nSPS) is 16.5. The quantitative estimate of drug-likeness (QED) is 0.155. The van der Waals surface area contributed by atoms with Crippen LogP contribution in [0.4, 0.5) is 13.2 Å². The zero-order valence-electron chi connectivity index (χ0n) is 26.2. The zero-order chi connectivity index (χ0) is 34.0. The number of carbonyl (C=O) groups is 1. The second kappa shape index (κ2) is 13.9. The number of hydrogen-bond acceptors (Lipinski definition) is 7. The summed E-state index contributed by atoms with van der Waals surface area (Å²) in [5, 5.41) is 18.9. The Labute approximate surface area is 280 Å². The van der Waals surface area contributed by atoms with Gasteiger partial charge in [0.1, 0.15) is 35.6 Å². The Bertz CT molecular complexity index is 1930. The fourth-order valence-corrected chi connectivity index (χ4v) is 6.18. The number of likely N-dealkylation sites (tertiary alicyclic amines) is 1. The molecule has 4 aromatic rings. The van der Waals surface area contributed by atoms with Crippen molar-refractivity contribution in [1.29, 1.82) is 5.26 Å². The molecule has 0 amide bonds. The lowest BCUT2D eigenvalue weighted by molar-refractivity contribution is -0.131. The smallest absolute Gasteiger partial charge is 0.328 e. The number of hydrogen-bond donors (Lipinski definition) is 1. The molecule has 1 saturated carbocycles. The van der Waals surface area contributed by atoms with Gasteiger partial charge >= 0.3 is 5.97 Å². The van der Waals surface area contributed by atoms with E-state index in [2.05, 4.69) is 16.0 Å². The topological polar surface area (TPSA) is 114 Å². The van der Waals surface area contributed by atoms with Crippen molar-refractivity contribution in [3.05, 3.63) is 88.1 Å². The fourth-order valence-electron chi connectivity index (χ4n) is 6.02. The molecule has 0 bridgehead atoms. The summed E-state index contributed by atoms with van der Waals surface area (Å²) in [6.07, 6.45) is 4.34. The average molecular weight is 680 g/mol. The highest BCUT2D eigenvalue weighted by Gasteiger charge is 2.43. The van der Waals surface area contributed by atoms with E-state index in [-0.39, 0.29) is 46.0 Å². The summed E-state index contributed by atoms with van der Waals surface area (Å²) >= 11 is 5.78. The number of carboxylic acid groups (broad SMARTS) is 1. The summed E-state index contributed by atoms with van der Waals surface area (Å²) in [5.74, 6) is -2.08. The first-order chi connectivity index (χ1) is 23.0. The Balaban J connectivity index is 1.14. The molecule has 1 aliphatic heterocycles. The third-order valence-corrected chi connectivity index (χ3v) is 9.16. The molecule has 3 heterocycles. The second-order valence-corrected chi connectivity index (χ2v) is 12.9. The highest BCUT2D eigenvalue weighted by Crippen LogP contribution is 2.50. The highest BCUT2D eigenvalue weighted by molar-refractivity contribution is 6.30. The molecule has 0 radical (unpaired) electrons. The van der Waals surface area contributed by atoms with E-state index < -0.39 is 23.4 Å². The number of imidazole rings is 1. The van der Waals surface area contributed by atoms with Crippen molar-refractivity contribution in [1.82, 2.24) is 19.4 Å². The van der Waals surface area contributed by atoms with Crippen LogP contribution < -0.4 is 9.47 Å². The van der Waals surface area contributed by atoms with Crippen LogP contribution in [0.15, 0.2) is 48.5 Å². The van der Waals surface area contributed by atoms with Gasteiger partial charge in [-0.1, -0.05) is 11.6 Å². The summed E-state index contributed by atoms with van der Waals surface area (Å²) in [4.78, 5) is 22.4. The maximum absolute atomic E-state index is 15.4. The number of pyridine rings is 1. The Kier molecular flexibility index (Phi) is 9.62. The van der Waals surface area contributed by atoms with Crippen molar-refractivity contribution in [3.63, 3.8) is 0 Å². The molecule has 2 aromatic heterocycles. The third kappa shape index (κ3) is 7.58. The summed E-state index contributed by atoms with van der Waals surface area (Å²) in [6.45, 7) is 3.59. The minimum absolute atomic E-state index is 0.0212. The van der Waals surface area contributed by atoms with E-state index >= 15 is 4.39 Å². The van der Waals surface area contributed by atoms with Gasteiger partial charge in [-0.3, -0.25) is 4.90 Å². The number of rotatable bonds is 12. The number of fused-ring (bicyclic) bond motifs is 1. The van der Waals surface area contributed by atoms with Crippen molar-refractivity contribution in [3.8, 4) is 17.7 Å². The van der Waals surface area contributed by atoms with E-state index in [1.54, 1.807) is 13.0 Å². The van der Waals surface area contributed by atoms with Crippen LogP contribution in [0.2, 0.25) is 5.02 Å². The zero-order valence-corrected chi connectivity index (χ0v) is 26.9. The average Bonchev–Trinajstić information content (AvgIpc) is 3.72. The lowest BCUT2D eigenvalue weighted by Gasteiger charge is -2.32. The predicted octanol–water partition coefficient (Wildman–Crippen LogP) is 7.31. The Morgan fingerprint density at radius 2 is 1.88 bits per heavy atom. The third-order valence-electron chi connectivity index (χ3n) is 8.92. The van der Waals surface area contributed by atoms with Gasteiger partial charge in [0.2, 0.25) is 5.88 Å². The maximum Gasteiger partial charge on any atom is 0.328 e. The minimum atomic E-state index is -1.11. The fraction of sp³-hybridized carbons (Fsp3) is 0.371. The first kappa shape index (κ1) is 33.3. The van der Waals surface area contributed by atoms with Crippen LogP contribution in [0.3, 0.4) is 0 Å². The van der Waals surface area contributed by atoms with E-state index in [1.807, 2.05) is 4.57 Å². The number of ether oxygens (including phenoxy) is 2. The van der Waals surface area contributed by atoms with Crippen LogP contribution in [-0.4, -0.2) is 49.7 Å². The molecule has 0 unspecified atom stereocenters. The molecule has 2 fully saturated rings. The molecule has 6 rings (SSSR count). The standard InChI is InChI=1S/C35H33ClF3N5O4/c1-21(14-33(45)46)22-15-27(39)34-29(16-22)44(20-35(8-9-35)10-11-40)31(42-34)18-43-12-6-24(7-13-43)48-32-5-3-25(37)28(41-32)19-47-30-4-2-23(36)17-26(30)38/h2-5,14-17,24H,6-10,12-13,18-20H2,1H3,(H,45,46)/b21-14+. The number of nitriles is 1. The lowest BCUT2D eigenvalue weighted by Crippen LogP contribution is -2.38. The molecule has 2 aliphatic rings. The Morgan fingerprint density at radius 1 is 1.10 bits per heavy atom. The number of halogens is 4. The van der Waals surface area contributed by atoms with Gasteiger partial charge in [0.25, 0.3) is 0 Å². The van der Waals surface area contributed by atoms with Crippen LogP contribution >= 0.6 is 11.6 Å². The van der Waals surface area contributed by atoms with E-state index in [9.17, 15) is 23.9 Å². The second-order valence-electron chi connectivity index (χ2n) is 12.5. The van der Waals surface area contributed by atoms with Crippen LogP contribution in [0, 0.1) is 34.2 Å². The summed E-state index contributed by atoms with van der Waals surface area (Å²) < 4.78 is 57.5. The predicted molar refractivity (Wildman–Crippen MR) is 172 cm³/mol. The molecule has 48 heavy (non-hydrogen) atoms. The molecule has 250 valence electrons. The SMILES string of the molecule is C/C(=C\C(=O)O)c1cc(F)c2nc(CN3CCC(Oc4ccc(F)c(COc5ccc(Cl)cc5F)n4)CC3)n(CC3(CC#N)CC3)c2c1. The van der Waals surface area contributed by atoms with Gasteiger partial charge < -0.3 is 19.1 Å². The van der Waals surface area contributed by atoms with E-state index in [0.29, 0.717) is 67.9 Å². The molecule has 1 aliphatic carbocycles. The molecule has 0 spiro atoms. The number of piperidine rings is 1. The van der Waals surface area contributed by atoms with Crippen molar-refractivity contribution < 1.29 is 32.5 Å². The number of nitrogens with zero attached hydrogens (tertiary/aromatic N) is 5. The van der Waals surface area contributed by atoms with Gasteiger partial charge in [0, 0.05) is 48.6 Å². The largest absolute Gasteiger partial charge is 0.484 e. The van der Waals surface area contributed by atoms with E-state index in [1.165, 1.54) is 30.3 Å². The summed E-state index contributed by atoms with van der Waals surface area (Å²) in [5.41, 5.74) is 1.45. The van der Waals surface area contributed by atoms with Crippen LogP contribution in [0.25, 0.3) is 16.6 Å². The molecule has 2 aromatic carbocycles. The van der Waals surface area contributed by atoms with Crippen molar-refractivity contribution in [2.75, 3.05) is 13.1 Å².